The van der Waals surface area contributed by atoms with E-state index in [4.69, 9.17) is 14.8 Å². The number of halogens is 1. The number of likely N-dealkylation sites (N-methyl/N-ethyl adjacent to an activating group) is 1. The Hall–Kier alpha value is -2.72. The van der Waals surface area contributed by atoms with Crippen LogP contribution >= 0.6 is 11.3 Å². The molecule has 1 aliphatic rings. The molecule has 1 saturated heterocycles. The van der Waals surface area contributed by atoms with Gasteiger partial charge in [0.2, 0.25) is 16.0 Å². The number of carbonyl (C=O) groups excluding carboxylic acids is 1. The number of benzene rings is 1. The second-order valence-electron chi connectivity index (χ2n) is 8.62. The van der Waals surface area contributed by atoms with Crippen molar-refractivity contribution in [3.8, 4) is 11.3 Å². The van der Waals surface area contributed by atoms with E-state index >= 15 is 0 Å². The lowest BCUT2D eigenvalue weighted by molar-refractivity contribution is -0.133. The molecular formula is C21H27FN6O2S. The zero-order chi connectivity index (χ0) is 22.2. The number of amides is 1. The Labute approximate surface area is 184 Å². The molecule has 31 heavy (non-hydrogen) atoms. The monoisotopic (exact) mass is 446 g/mol. The number of carbonyl (C=O) groups is 1. The number of nitrogens with zero attached hydrogens (tertiary/aromatic N) is 5. The number of hydrogen-bond donors (Lipinski definition) is 1. The molecule has 0 bridgehead atoms. The van der Waals surface area contributed by atoms with Crippen molar-refractivity contribution in [3.05, 3.63) is 30.1 Å². The summed E-state index contributed by atoms with van der Waals surface area (Å²) in [6, 6.07) is 6.27. The van der Waals surface area contributed by atoms with Crippen molar-refractivity contribution in [2.45, 2.75) is 26.3 Å². The van der Waals surface area contributed by atoms with Crippen molar-refractivity contribution < 1.29 is 13.9 Å². The quantitative estimate of drug-likeness (QED) is 0.649. The van der Waals surface area contributed by atoms with E-state index in [1.165, 1.54) is 23.5 Å². The largest absolute Gasteiger partial charge is 0.378 e. The first-order chi connectivity index (χ1) is 14.7. The van der Waals surface area contributed by atoms with Crippen molar-refractivity contribution >= 4 is 33.2 Å². The summed E-state index contributed by atoms with van der Waals surface area (Å²) in [5.74, 6) is 0.505. The molecule has 0 saturated carbocycles. The molecule has 1 amide bonds. The minimum Gasteiger partial charge on any atom is -0.378 e. The molecule has 4 rings (SSSR count). The Bertz CT molecular complexity index is 1070. The van der Waals surface area contributed by atoms with Gasteiger partial charge in [0, 0.05) is 31.2 Å². The van der Waals surface area contributed by atoms with Gasteiger partial charge in [-0.15, -0.1) is 5.10 Å². The molecule has 0 unspecified atom stereocenters. The smallest absolute Gasteiger partial charge is 0.242 e. The number of fused-ring (bicyclic) bond motifs is 1. The Kier molecular flexibility index (Phi) is 5.85. The first kappa shape index (κ1) is 21.5. The molecule has 10 heteroatoms. The van der Waals surface area contributed by atoms with Crippen LogP contribution in [0, 0.1) is 5.82 Å². The van der Waals surface area contributed by atoms with Crippen LogP contribution in [0.25, 0.3) is 16.2 Å². The highest BCUT2D eigenvalue weighted by Crippen LogP contribution is 2.34. The molecule has 1 aliphatic heterocycles. The van der Waals surface area contributed by atoms with Gasteiger partial charge in [0.05, 0.1) is 19.8 Å². The fourth-order valence-corrected chi connectivity index (χ4v) is 4.21. The van der Waals surface area contributed by atoms with Gasteiger partial charge in [0.1, 0.15) is 11.5 Å². The molecule has 2 aromatic heterocycles. The molecule has 3 heterocycles. The van der Waals surface area contributed by atoms with Gasteiger partial charge in [0.25, 0.3) is 0 Å². The summed E-state index contributed by atoms with van der Waals surface area (Å²) in [4.78, 5) is 21.7. The third-order valence-electron chi connectivity index (χ3n) is 4.87. The molecule has 0 atom stereocenters. The molecule has 1 aromatic carbocycles. The summed E-state index contributed by atoms with van der Waals surface area (Å²) in [5, 5.41) is 8.90. The molecule has 8 nitrogen and oxygen atoms in total. The van der Waals surface area contributed by atoms with Crippen LogP contribution in [-0.2, 0) is 9.53 Å². The zero-order valence-corrected chi connectivity index (χ0v) is 19.0. The summed E-state index contributed by atoms with van der Waals surface area (Å²) in [7, 11) is 1.86. The summed E-state index contributed by atoms with van der Waals surface area (Å²) >= 11 is 1.41. The fraction of sp³-hybridized carbons (Fsp3) is 0.476. The van der Waals surface area contributed by atoms with Crippen molar-refractivity contribution in [3.63, 3.8) is 0 Å². The lowest BCUT2D eigenvalue weighted by atomic mass is 10.1. The Morgan fingerprint density at radius 1 is 1.26 bits per heavy atom. The SMILES string of the molecule is CN(CC(=O)N1CCOCC1)c1nn2c(NC(C)(C)C)c(-c3ccc(F)cc3)nc2s1. The van der Waals surface area contributed by atoms with E-state index in [1.807, 2.05) is 16.8 Å². The number of aromatic nitrogens is 3. The highest BCUT2D eigenvalue weighted by Gasteiger charge is 2.24. The van der Waals surface area contributed by atoms with Crippen LogP contribution in [0.5, 0.6) is 0 Å². The Morgan fingerprint density at radius 3 is 2.58 bits per heavy atom. The van der Waals surface area contributed by atoms with Crippen molar-refractivity contribution in [1.82, 2.24) is 19.5 Å². The van der Waals surface area contributed by atoms with Gasteiger partial charge in [-0.3, -0.25) is 4.79 Å². The minimum atomic E-state index is -0.290. The minimum absolute atomic E-state index is 0.0543. The van der Waals surface area contributed by atoms with E-state index in [1.54, 1.807) is 16.6 Å². The number of nitrogens with one attached hydrogen (secondary N) is 1. The average molecular weight is 447 g/mol. The highest BCUT2D eigenvalue weighted by molar-refractivity contribution is 7.20. The first-order valence-electron chi connectivity index (χ1n) is 10.2. The summed E-state index contributed by atoms with van der Waals surface area (Å²) in [5.41, 5.74) is 1.29. The Balaban J connectivity index is 1.63. The van der Waals surface area contributed by atoms with Gasteiger partial charge in [-0.1, -0.05) is 11.3 Å². The number of hydrogen-bond acceptors (Lipinski definition) is 7. The summed E-state index contributed by atoms with van der Waals surface area (Å²) in [6.07, 6.45) is 0. The summed E-state index contributed by atoms with van der Waals surface area (Å²) in [6.45, 7) is 8.80. The number of imidazole rings is 1. The molecular weight excluding hydrogens is 419 g/mol. The molecule has 0 radical (unpaired) electrons. The van der Waals surface area contributed by atoms with E-state index in [0.29, 0.717) is 42.1 Å². The van der Waals surface area contributed by atoms with Crippen molar-refractivity contribution in [2.75, 3.05) is 50.1 Å². The van der Waals surface area contributed by atoms with Crippen LogP contribution in [0.3, 0.4) is 0 Å². The van der Waals surface area contributed by atoms with Gasteiger partial charge in [0.15, 0.2) is 5.82 Å². The van der Waals surface area contributed by atoms with Crippen LogP contribution in [0.1, 0.15) is 20.8 Å². The molecule has 3 aromatic rings. The van der Waals surface area contributed by atoms with Gasteiger partial charge in [-0.2, -0.15) is 4.52 Å². The molecule has 1 N–H and O–H groups in total. The number of morpholine rings is 1. The van der Waals surface area contributed by atoms with Gasteiger partial charge in [-0.25, -0.2) is 9.37 Å². The van der Waals surface area contributed by atoms with E-state index in [9.17, 15) is 9.18 Å². The third kappa shape index (κ3) is 4.80. The predicted molar refractivity (Wildman–Crippen MR) is 120 cm³/mol. The van der Waals surface area contributed by atoms with Gasteiger partial charge < -0.3 is 19.9 Å². The summed E-state index contributed by atoms with van der Waals surface area (Å²) < 4.78 is 20.5. The Morgan fingerprint density at radius 2 is 1.94 bits per heavy atom. The number of ether oxygens (including phenoxy) is 1. The second-order valence-corrected chi connectivity index (χ2v) is 9.55. The normalized spacial score (nSPS) is 14.8. The van der Waals surface area contributed by atoms with E-state index in [0.717, 1.165) is 11.4 Å². The van der Waals surface area contributed by atoms with Crippen LogP contribution in [-0.4, -0.2) is 70.8 Å². The topological polar surface area (TPSA) is 75.0 Å². The molecule has 0 spiro atoms. The van der Waals surface area contributed by atoms with Crippen molar-refractivity contribution in [1.29, 1.82) is 0 Å². The zero-order valence-electron chi connectivity index (χ0n) is 18.2. The lowest BCUT2D eigenvalue weighted by Gasteiger charge is -2.28. The molecule has 0 aliphatic carbocycles. The van der Waals surface area contributed by atoms with Crippen LogP contribution in [0.2, 0.25) is 0 Å². The van der Waals surface area contributed by atoms with E-state index in [2.05, 4.69) is 26.1 Å². The van der Waals surface area contributed by atoms with Crippen molar-refractivity contribution in [2.24, 2.45) is 0 Å². The predicted octanol–water partition coefficient (Wildman–Crippen LogP) is 3.10. The number of anilines is 2. The number of rotatable bonds is 5. The third-order valence-corrected chi connectivity index (χ3v) is 5.89. The fourth-order valence-electron chi connectivity index (χ4n) is 3.35. The van der Waals surface area contributed by atoms with E-state index < -0.39 is 0 Å². The molecule has 1 fully saturated rings. The maximum atomic E-state index is 13.4. The van der Waals surface area contributed by atoms with Gasteiger partial charge in [-0.05, 0) is 45.0 Å². The maximum absolute atomic E-state index is 13.4. The average Bonchev–Trinajstić information content (AvgIpc) is 3.28. The first-order valence-corrected chi connectivity index (χ1v) is 11.0. The highest BCUT2D eigenvalue weighted by atomic mass is 32.1. The van der Waals surface area contributed by atoms with Crippen LogP contribution in [0.15, 0.2) is 24.3 Å². The molecule has 166 valence electrons. The maximum Gasteiger partial charge on any atom is 0.242 e. The lowest BCUT2D eigenvalue weighted by Crippen LogP contribution is -2.45. The standard InChI is InChI=1S/C21H27FN6O2S/c1-21(2,3)24-18-17(14-5-7-15(22)8-6-14)23-19-28(18)25-20(31-19)26(4)13-16(29)27-9-11-30-12-10-27/h5-8,24H,9-13H2,1-4H3. The van der Waals surface area contributed by atoms with E-state index in [-0.39, 0.29) is 23.8 Å². The second kappa shape index (κ2) is 8.43. The van der Waals surface area contributed by atoms with Gasteiger partial charge >= 0.3 is 0 Å². The van der Waals surface area contributed by atoms with Crippen LogP contribution < -0.4 is 10.2 Å². The van der Waals surface area contributed by atoms with Crippen LogP contribution in [0.4, 0.5) is 15.3 Å².